The molecule has 3 rings (SSSR count). The van der Waals surface area contributed by atoms with Crippen molar-refractivity contribution in [2.45, 2.75) is 6.61 Å². The summed E-state index contributed by atoms with van der Waals surface area (Å²) < 4.78 is 10.2. The van der Waals surface area contributed by atoms with Crippen LogP contribution in [-0.2, 0) is 11.3 Å². The molecule has 1 aliphatic rings. The van der Waals surface area contributed by atoms with Gasteiger partial charge in [0.15, 0.2) is 0 Å². The number of amides is 1. The average molecular weight is 349 g/mol. The van der Waals surface area contributed by atoms with E-state index in [-0.39, 0.29) is 5.91 Å². The van der Waals surface area contributed by atoms with Crippen LogP contribution in [0.3, 0.4) is 0 Å². The number of nitrogens with zero attached hydrogens (tertiary/aromatic N) is 5. The van der Waals surface area contributed by atoms with Crippen molar-refractivity contribution in [3.8, 4) is 5.88 Å². The maximum Gasteiger partial charge on any atom is 0.273 e. The molecule has 2 aromatic heterocycles. The van der Waals surface area contributed by atoms with Crippen LogP contribution in [0, 0.1) is 0 Å². The lowest BCUT2D eigenvalue weighted by molar-refractivity contribution is 0.0740. The van der Waals surface area contributed by atoms with Gasteiger partial charge in [0.2, 0.25) is 11.8 Å². The van der Waals surface area contributed by atoms with Crippen molar-refractivity contribution < 1.29 is 14.3 Å². The van der Waals surface area contributed by atoms with E-state index in [0.717, 1.165) is 5.01 Å². The van der Waals surface area contributed by atoms with E-state index in [1.807, 2.05) is 9.80 Å². The Balaban J connectivity index is 1.60. The molecule has 128 valence electrons. The highest BCUT2D eigenvalue weighted by atomic mass is 32.1. The molecule has 3 heterocycles. The van der Waals surface area contributed by atoms with Crippen molar-refractivity contribution in [1.29, 1.82) is 0 Å². The molecule has 1 fully saturated rings. The minimum Gasteiger partial charge on any atom is -0.481 e. The maximum atomic E-state index is 12.5. The first-order valence-electron chi connectivity index (χ1n) is 7.56. The summed E-state index contributed by atoms with van der Waals surface area (Å²) in [6, 6.07) is 1.71. The van der Waals surface area contributed by atoms with E-state index in [9.17, 15) is 4.79 Å². The minimum atomic E-state index is -0.0418. The lowest BCUT2D eigenvalue weighted by Crippen LogP contribution is -2.49. The van der Waals surface area contributed by atoms with E-state index in [0.29, 0.717) is 50.3 Å². The minimum absolute atomic E-state index is 0.0418. The van der Waals surface area contributed by atoms with Crippen LogP contribution in [0.1, 0.15) is 15.5 Å². The van der Waals surface area contributed by atoms with Crippen LogP contribution >= 0.6 is 11.3 Å². The molecule has 24 heavy (non-hydrogen) atoms. The van der Waals surface area contributed by atoms with Crippen molar-refractivity contribution in [3.05, 3.63) is 28.3 Å². The summed E-state index contributed by atoms with van der Waals surface area (Å²) in [5.74, 6) is 1.11. The monoisotopic (exact) mass is 349 g/mol. The van der Waals surface area contributed by atoms with Gasteiger partial charge in [-0.2, -0.15) is 4.98 Å². The van der Waals surface area contributed by atoms with Crippen LogP contribution in [0.5, 0.6) is 5.88 Å². The van der Waals surface area contributed by atoms with Gasteiger partial charge in [-0.15, -0.1) is 11.3 Å². The zero-order valence-corrected chi connectivity index (χ0v) is 14.5. The molecule has 1 aliphatic heterocycles. The molecule has 0 unspecified atom stereocenters. The van der Waals surface area contributed by atoms with Crippen LogP contribution in [0.4, 0.5) is 5.95 Å². The van der Waals surface area contributed by atoms with Crippen molar-refractivity contribution >= 4 is 23.2 Å². The fraction of sp³-hybridized carbons (Fsp3) is 0.467. The number of thiazole rings is 1. The Morgan fingerprint density at radius 3 is 2.75 bits per heavy atom. The fourth-order valence-electron chi connectivity index (χ4n) is 2.47. The van der Waals surface area contributed by atoms with Gasteiger partial charge in [-0.1, -0.05) is 0 Å². The number of methoxy groups -OCH3 is 2. The van der Waals surface area contributed by atoms with E-state index in [2.05, 4.69) is 15.0 Å². The van der Waals surface area contributed by atoms with Gasteiger partial charge >= 0.3 is 0 Å². The topological polar surface area (TPSA) is 80.7 Å². The summed E-state index contributed by atoms with van der Waals surface area (Å²) in [5, 5.41) is 2.60. The predicted octanol–water partition coefficient (Wildman–Crippen LogP) is 1.05. The molecule has 0 N–H and O–H groups in total. The van der Waals surface area contributed by atoms with Crippen molar-refractivity contribution in [2.75, 3.05) is 45.3 Å². The third-order valence-corrected chi connectivity index (χ3v) is 4.54. The first-order valence-corrected chi connectivity index (χ1v) is 8.44. The highest BCUT2D eigenvalue weighted by molar-refractivity contribution is 7.09. The first-order chi connectivity index (χ1) is 11.7. The summed E-state index contributed by atoms with van der Waals surface area (Å²) in [6.45, 7) is 2.99. The second-order valence-electron chi connectivity index (χ2n) is 5.24. The van der Waals surface area contributed by atoms with Gasteiger partial charge in [0.1, 0.15) is 10.7 Å². The third-order valence-electron chi connectivity index (χ3n) is 3.71. The summed E-state index contributed by atoms with van der Waals surface area (Å²) in [5.41, 5.74) is 0.484. The Morgan fingerprint density at radius 2 is 2.04 bits per heavy atom. The Bertz CT molecular complexity index is 700. The summed E-state index contributed by atoms with van der Waals surface area (Å²) in [7, 11) is 3.19. The molecule has 0 atom stereocenters. The number of piperazine rings is 1. The van der Waals surface area contributed by atoms with Crippen molar-refractivity contribution in [2.24, 2.45) is 0 Å². The molecular weight excluding hydrogens is 330 g/mol. The van der Waals surface area contributed by atoms with Gasteiger partial charge in [-0.3, -0.25) is 4.79 Å². The number of hydrogen-bond donors (Lipinski definition) is 0. The quantitative estimate of drug-likeness (QED) is 0.798. The Labute approximate surface area is 144 Å². The van der Waals surface area contributed by atoms with Gasteiger partial charge in [-0.05, 0) is 0 Å². The molecule has 0 aliphatic carbocycles. The zero-order chi connectivity index (χ0) is 16.9. The highest BCUT2D eigenvalue weighted by Gasteiger charge is 2.25. The van der Waals surface area contributed by atoms with Crippen LogP contribution in [-0.4, -0.2) is 66.2 Å². The average Bonchev–Trinajstić information content (AvgIpc) is 3.10. The van der Waals surface area contributed by atoms with E-state index < -0.39 is 0 Å². The molecule has 0 bridgehead atoms. The Morgan fingerprint density at radius 1 is 1.25 bits per heavy atom. The largest absolute Gasteiger partial charge is 0.481 e. The highest BCUT2D eigenvalue weighted by Crippen LogP contribution is 2.17. The molecule has 8 nitrogen and oxygen atoms in total. The van der Waals surface area contributed by atoms with E-state index in [4.69, 9.17) is 9.47 Å². The molecule has 0 radical (unpaired) electrons. The lowest BCUT2D eigenvalue weighted by atomic mass is 10.3. The molecule has 1 saturated heterocycles. The van der Waals surface area contributed by atoms with Gasteiger partial charge in [-0.25, -0.2) is 9.97 Å². The van der Waals surface area contributed by atoms with Gasteiger partial charge in [0.25, 0.3) is 5.91 Å². The second kappa shape index (κ2) is 7.54. The van der Waals surface area contributed by atoms with Gasteiger partial charge in [0.05, 0.1) is 13.7 Å². The number of anilines is 1. The summed E-state index contributed by atoms with van der Waals surface area (Å²) in [4.78, 5) is 29.3. The first kappa shape index (κ1) is 16.6. The predicted molar refractivity (Wildman–Crippen MR) is 89.5 cm³/mol. The molecule has 0 spiro atoms. The molecule has 2 aromatic rings. The van der Waals surface area contributed by atoms with Crippen LogP contribution in [0.15, 0.2) is 17.6 Å². The summed E-state index contributed by atoms with van der Waals surface area (Å²) >= 11 is 1.44. The maximum absolute atomic E-state index is 12.5. The van der Waals surface area contributed by atoms with E-state index >= 15 is 0 Å². The standard InChI is InChI=1S/C15H19N5O3S/c1-22-9-13-17-11(10-24-13)14(21)19-5-7-20(8-6-19)15-16-4-3-12(18-15)23-2/h3-4,10H,5-9H2,1-2H3. The molecule has 0 aromatic carbocycles. The number of hydrogen-bond acceptors (Lipinski definition) is 8. The van der Waals surface area contributed by atoms with E-state index in [1.54, 1.807) is 31.9 Å². The Kier molecular flexibility index (Phi) is 5.21. The van der Waals surface area contributed by atoms with Crippen molar-refractivity contribution in [3.63, 3.8) is 0 Å². The fourth-order valence-corrected chi connectivity index (χ4v) is 3.21. The van der Waals surface area contributed by atoms with Crippen LogP contribution in [0.25, 0.3) is 0 Å². The van der Waals surface area contributed by atoms with E-state index in [1.165, 1.54) is 11.3 Å². The molecule has 9 heteroatoms. The second-order valence-corrected chi connectivity index (χ2v) is 6.18. The van der Waals surface area contributed by atoms with Gasteiger partial charge in [0, 0.05) is 50.9 Å². The number of carbonyl (C=O) groups is 1. The van der Waals surface area contributed by atoms with Crippen LogP contribution in [0.2, 0.25) is 0 Å². The number of rotatable bonds is 5. The van der Waals surface area contributed by atoms with Gasteiger partial charge < -0.3 is 19.3 Å². The number of aromatic nitrogens is 3. The Hall–Kier alpha value is -2.26. The normalized spacial score (nSPS) is 14.8. The molecular formula is C15H19N5O3S. The van der Waals surface area contributed by atoms with Crippen molar-refractivity contribution in [1.82, 2.24) is 19.9 Å². The number of carbonyl (C=O) groups excluding carboxylic acids is 1. The summed E-state index contributed by atoms with van der Waals surface area (Å²) in [6.07, 6.45) is 1.67. The number of ether oxygens (including phenoxy) is 2. The molecule has 0 saturated carbocycles. The SMILES string of the molecule is COCc1nc(C(=O)N2CCN(c3nccc(OC)n3)CC2)cs1. The van der Waals surface area contributed by atoms with Crippen LogP contribution < -0.4 is 9.64 Å². The molecule has 1 amide bonds. The smallest absolute Gasteiger partial charge is 0.273 e. The lowest BCUT2D eigenvalue weighted by Gasteiger charge is -2.34. The zero-order valence-electron chi connectivity index (χ0n) is 13.6. The third kappa shape index (κ3) is 3.62.